The Morgan fingerprint density at radius 2 is 1.77 bits per heavy atom. The van der Waals surface area contributed by atoms with Crippen molar-refractivity contribution in [1.29, 1.82) is 0 Å². The van der Waals surface area contributed by atoms with E-state index in [0.717, 1.165) is 14.5 Å². The van der Waals surface area contributed by atoms with E-state index in [1.165, 1.54) is 5.56 Å². The normalized spacial score (nSPS) is 10.3. The molecule has 1 heterocycles. The van der Waals surface area contributed by atoms with E-state index in [2.05, 4.69) is 49.4 Å². The summed E-state index contributed by atoms with van der Waals surface area (Å²) in [5, 5.41) is 5.26. The fourth-order valence-electron chi connectivity index (χ4n) is 1.06. The Hall–Kier alpha value is -0.120. The zero-order valence-corrected chi connectivity index (χ0v) is 10.5. The molecule has 0 unspecified atom stereocenters. The molecule has 1 aromatic heterocycles. The number of halogens is 2. The summed E-state index contributed by atoms with van der Waals surface area (Å²) in [7, 11) is 0. The largest absolute Gasteiger partial charge is 0.141 e. The van der Waals surface area contributed by atoms with Crippen molar-refractivity contribution in [3.05, 3.63) is 44.0 Å². The Balaban J connectivity index is 2.47. The zero-order valence-electron chi connectivity index (χ0n) is 6.55. The van der Waals surface area contributed by atoms with Crippen molar-refractivity contribution in [3.8, 4) is 11.1 Å². The standard InChI is InChI=1S/C10H5Br2S/c11-8-3-1-7(2-4-8)9-5-13-6-10(9)12/h1-4,6H. The van der Waals surface area contributed by atoms with E-state index in [0.29, 0.717) is 0 Å². The van der Waals surface area contributed by atoms with Gasteiger partial charge >= 0.3 is 0 Å². The molecule has 0 saturated carbocycles. The van der Waals surface area contributed by atoms with Gasteiger partial charge in [-0.1, -0.05) is 28.1 Å². The summed E-state index contributed by atoms with van der Waals surface area (Å²) in [6.07, 6.45) is 0. The molecule has 0 fully saturated rings. The van der Waals surface area contributed by atoms with Crippen molar-refractivity contribution < 1.29 is 0 Å². The van der Waals surface area contributed by atoms with Crippen molar-refractivity contribution in [3.63, 3.8) is 0 Å². The molecule has 13 heavy (non-hydrogen) atoms. The van der Waals surface area contributed by atoms with Crippen molar-refractivity contribution in [1.82, 2.24) is 0 Å². The first-order valence-corrected chi connectivity index (χ1v) is 6.14. The van der Waals surface area contributed by atoms with Crippen LogP contribution < -0.4 is 0 Å². The first kappa shape index (κ1) is 9.44. The van der Waals surface area contributed by atoms with Gasteiger partial charge in [0.15, 0.2) is 0 Å². The minimum Gasteiger partial charge on any atom is -0.141 e. The highest BCUT2D eigenvalue weighted by molar-refractivity contribution is 9.10. The lowest BCUT2D eigenvalue weighted by Gasteiger charge is -1.98. The van der Waals surface area contributed by atoms with Crippen LogP contribution in [0.15, 0.2) is 38.6 Å². The average molecular weight is 317 g/mol. The van der Waals surface area contributed by atoms with Gasteiger partial charge in [0, 0.05) is 19.9 Å². The molecule has 2 aromatic rings. The molecule has 0 spiro atoms. The van der Waals surface area contributed by atoms with E-state index < -0.39 is 0 Å². The van der Waals surface area contributed by atoms with Gasteiger partial charge in [-0.3, -0.25) is 0 Å². The zero-order chi connectivity index (χ0) is 9.26. The molecule has 65 valence electrons. The van der Waals surface area contributed by atoms with Gasteiger partial charge in [0.25, 0.3) is 0 Å². The highest BCUT2D eigenvalue weighted by atomic mass is 79.9. The van der Waals surface area contributed by atoms with E-state index in [4.69, 9.17) is 0 Å². The lowest BCUT2D eigenvalue weighted by molar-refractivity contribution is 1.62. The van der Waals surface area contributed by atoms with Crippen LogP contribution in [0.5, 0.6) is 0 Å². The van der Waals surface area contributed by atoms with Crippen LogP contribution in [0, 0.1) is 5.38 Å². The molecule has 1 aromatic carbocycles. The van der Waals surface area contributed by atoms with Crippen molar-refractivity contribution >= 4 is 43.2 Å². The second-order valence-electron chi connectivity index (χ2n) is 2.57. The highest BCUT2D eigenvalue weighted by Crippen LogP contribution is 2.31. The maximum Gasteiger partial charge on any atom is 0.0539 e. The van der Waals surface area contributed by atoms with Gasteiger partial charge in [-0.15, -0.1) is 11.3 Å². The summed E-state index contributed by atoms with van der Waals surface area (Å²) >= 11 is 8.48. The molecule has 3 heteroatoms. The molecule has 0 saturated heterocycles. The predicted octanol–water partition coefficient (Wildman–Crippen LogP) is 4.74. The van der Waals surface area contributed by atoms with E-state index >= 15 is 0 Å². The Labute approximate surface area is 97.9 Å². The molecule has 0 bridgehead atoms. The van der Waals surface area contributed by atoms with Gasteiger partial charge in [0.2, 0.25) is 0 Å². The Kier molecular flexibility index (Phi) is 2.86. The van der Waals surface area contributed by atoms with Crippen molar-refractivity contribution in [2.24, 2.45) is 0 Å². The van der Waals surface area contributed by atoms with Crippen molar-refractivity contribution in [2.45, 2.75) is 0 Å². The Morgan fingerprint density at radius 1 is 1.08 bits per heavy atom. The second-order valence-corrected chi connectivity index (χ2v) is 5.01. The van der Waals surface area contributed by atoms with Crippen LogP contribution in [0.25, 0.3) is 11.1 Å². The maximum atomic E-state index is 3.49. The number of thiophene rings is 1. The molecule has 0 atom stereocenters. The topological polar surface area (TPSA) is 0 Å². The average Bonchev–Trinajstić information content (AvgIpc) is 2.53. The molecule has 0 nitrogen and oxygen atoms in total. The van der Waals surface area contributed by atoms with Crippen LogP contribution in [0.4, 0.5) is 0 Å². The SMILES string of the molecule is Brc1ccc(-c2[c]scc2Br)cc1. The molecular formula is C10H5Br2S. The monoisotopic (exact) mass is 315 g/mol. The quantitative estimate of drug-likeness (QED) is 0.713. The smallest absolute Gasteiger partial charge is 0.0539 e. The minimum atomic E-state index is 1.10. The van der Waals surface area contributed by atoms with Crippen LogP contribution in [0.3, 0.4) is 0 Å². The molecule has 0 N–H and O–H groups in total. The lowest BCUT2D eigenvalue weighted by atomic mass is 10.1. The Morgan fingerprint density at radius 3 is 2.31 bits per heavy atom. The molecule has 2 rings (SSSR count). The van der Waals surface area contributed by atoms with E-state index in [1.54, 1.807) is 11.3 Å². The third-order valence-corrected chi connectivity index (χ3v) is 3.83. The minimum absolute atomic E-state index is 1.10. The predicted molar refractivity (Wildman–Crippen MR) is 64.0 cm³/mol. The maximum absolute atomic E-state index is 3.49. The van der Waals surface area contributed by atoms with Crippen LogP contribution in [-0.2, 0) is 0 Å². The van der Waals surface area contributed by atoms with Crippen LogP contribution in [0.2, 0.25) is 0 Å². The summed E-state index contributed by atoms with van der Waals surface area (Å²) in [6, 6.07) is 8.22. The number of hydrogen-bond acceptors (Lipinski definition) is 1. The Bertz CT molecular complexity index is 403. The van der Waals surface area contributed by atoms with Crippen LogP contribution in [-0.4, -0.2) is 0 Å². The van der Waals surface area contributed by atoms with Crippen LogP contribution >= 0.6 is 43.2 Å². The lowest BCUT2D eigenvalue weighted by Crippen LogP contribution is -1.73. The van der Waals surface area contributed by atoms with Crippen molar-refractivity contribution in [2.75, 3.05) is 0 Å². The molecule has 0 aliphatic carbocycles. The summed E-state index contributed by atoms with van der Waals surface area (Å²) in [4.78, 5) is 0. The molecule has 0 aliphatic heterocycles. The number of benzene rings is 1. The van der Waals surface area contributed by atoms with Gasteiger partial charge < -0.3 is 0 Å². The van der Waals surface area contributed by atoms with Gasteiger partial charge in [-0.2, -0.15) is 0 Å². The number of hydrogen-bond donors (Lipinski definition) is 0. The van der Waals surface area contributed by atoms with E-state index in [-0.39, 0.29) is 0 Å². The first-order valence-electron chi connectivity index (χ1n) is 3.68. The second kappa shape index (κ2) is 3.95. The molecule has 0 aliphatic rings. The summed E-state index contributed by atoms with van der Waals surface area (Å²) in [5.74, 6) is 0. The van der Waals surface area contributed by atoms with Gasteiger partial charge in [0.1, 0.15) is 0 Å². The number of rotatable bonds is 1. The summed E-state index contributed by atoms with van der Waals surface area (Å²) in [5.41, 5.74) is 2.33. The third kappa shape index (κ3) is 2.03. The first-order chi connectivity index (χ1) is 6.27. The fraction of sp³-hybridized carbons (Fsp3) is 0. The molecular weight excluding hydrogens is 312 g/mol. The van der Waals surface area contributed by atoms with E-state index in [9.17, 15) is 0 Å². The van der Waals surface area contributed by atoms with Gasteiger partial charge in [-0.05, 0) is 33.6 Å². The highest BCUT2D eigenvalue weighted by Gasteiger charge is 2.03. The van der Waals surface area contributed by atoms with Gasteiger partial charge in [0.05, 0.1) is 5.38 Å². The molecule has 0 amide bonds. The van der Waals surface area contributed by atoms with Crippen LogP contribution in [0.1, 0.15) is 0 Å². The summed E-state index contributed by atoms with van der Waals surface area (Å²) < 4.78 is 2.21. The fourth-order valence-corrected chi connectivity index (χ4v) is 2.69. The third-order valence-electron chi connectivity index (χ3n) is 1.70. The summed E-state index contributed by atoms with van der Waals surface area (Å²) in [6.45, 7) is 0. The van der Waals surface area contributed by atoms with Gasteiger partial charge in [-0.25, -0.2) is 0 Å². The molecule has 1 radical (unpaired) electrons. The van der Waals surface area contributed by atoms with E-state index in [1.807, 2.05) is 17.5 Å².